The van der Waals surface area contributed by atoms with Gasteiger partial charge in [0.05, 0.1) is 18.4 Å². The van der Waals surface area contributed by atoms with E-state index in [1.54, 1.807) is 17.1 Å². The first kappa shape index (κ1) is 11.0. The van der Waals surface area contributed by atoms with Crippen molar-refractivity contribution >= 4 is 11.6 Å². The van der Waals surface area contributed by atoms with E-state index in [9.17, 15) is 4.79 Å². The lowest BCUT2D eigenvalue weighted by Gasteiger charge is -2.06. The zero-order valence-electron chi connectivity index (χ0n) is 9.73. The average molecular weight is 222 g/mol. The fourth-order valence-electron chi connectivity index (χ4n) is 1.83. The highest BCUT2D eigenvalue weighted by atomic mass is 16.2. The molecule has 0 spiro atoms. The fraction of sp³-hybridized carbons (Fsp3) is 0.636. The van der Waals surface area contributed by atoms with Crippen LogP contribution < -0.4 is 11.1 Å². The Morgan fingerprint density at radius 1 is 1.75 bits per heavy atom. The first-order valence-corrected chi connectivity index (χ1v) is 5.55. The molecule has 1 heterocycles. The normalized spacial score (nSPS) is 21.8. The van der Waals surface area contributed by atoms with Crippen LogP contribution in [0, 0.1) is 11.3 Å². The van der Waals surface area contributed by atoms with Crippen molar-refractivity contribution in [2.24, 2.45) is 11.3 Å². The number of nitrogens with zero attached hydrogens (tertiary/aromatic N) is 2. The molecule has 16 heavy (non-hydrogen) atoms. The number of hydrogen-bond donors (Lipinski definition) is 2. The minimum Gasteiger partial charge on any atom is -0.396 e. The molecule has 5 nitrogen and oxygen atoms in total. The Balaban J connectivity index is 1.71. The minimum absolute atomic E-state index is 0.158. The molecule has 2 rings (SSSR count). The molecule has 1 amide bonds. The number of nitrogens with one attached hydrogen (secondary N) is 1. The van der Waals surface area contributed by atoms with Crippen molar-refractivity contribution in [3.05, 3.63) is 12.4 Å². The van der Waals surface area contributed by atoms with E-state index in [0.717, 1.165) is 6.42 Å². The maximum Gasteiger partial charge on any atom is 0.223 e. The van der Waals surface area contributed by atoms with Crippen LogP contribution in [0.1, 0.15) is 20.3 Å². The average Bonchev–Trinajstić information content (AvgIpc) is 2.64. The second kappa shape index (κ2) is 3.81. The third kappa shape index (κ3) is 2.35. The lowest BCUT2D eigenvalue weighted by molar-refractivity contribution is -0.123. The van der Waals surface area contributed by atoms with Gasteiger partial charge in [-0.15, -0.1) is 0 Å². The van der Waals surface area contributed by atoms with Crippen LogP contribution in [0.4, 0.5) is 5.69 Å². The van der Waals surface area contributed by atoms with E-state index in [-0.39, 0.29) is 17.2 Å². The van der Waals surface area contributed by atoms with Crippen molar-refractivity contribution in [3.8, 4) is 0 Å². The summed E-state index contributed by atoms with van der Waals surface area (Å²) in [5, 5.41) is 6.96. The molecule has 0 bridgehead atoms. The van der Waals surface area contributed by atoms with Gasteiger partial charge >= 0.3 is 0 Å². The molecule has 5 heteroatoms. The van der Waals surface area contributed by atoms with E-state index in [0.29, 0.717) is 18.8 Å². The maximum atomic E-state index is 11.7. The van der Waals surface area contributed by atoms with Gasteiger partial charge in [0.2, 0.25) is 5.91 Å². The zero-order chi connectivity index (χ0) is 11.8. The molecule has 0 aliphatic heterocycles. The van der Waals surface area contributed by atoms with Crippen LogP contribution in [0.2, 0.25) is 0 Å². The van der Waals surface area contributed by atoms with Gasteiger partial charge < -0.3 is 11.1 Å². The summed E-state index contributed by atoms with van der Waals surface area (Å²) in [5.74, 6) is 0.348. The summed E-state index contributed by atoms with van der Waals surface area (Å²) < 4.78 is 1.73. The summed E-state index contributed by atoms with van der Waals surface area (Å²) in [7, 11) is 0. The molecule has 0 radical (unpaired) electrons. The molecule has 1 saturated carbocycles. The Labute approximate surface area is 95.0 Å². The number of carbonyl (C=O) groups excluding carboxylic acids is 1. The van der Waals surface area contributed by atoms with E-state index in [1.165, 1.54) is 0 Å². The molecule has 0 saturated heterocycles. The van der Waals surface area contributed by atoms with Gasteiger partial charge in [0.1, 0.15) is 0 Å². The van der Waals surface area contributed by atoms with Crippen LogP contribution in [-0.4, -0.2) is 22.2 Å². The largest absolute Gasteiger partial charge is 0.396 e. The van der Waals surface area contributed by atoms with Crippen LogP contribution in [0.15, 0.2) is 12.4 Å². The van der Waals surface area contributed by atoms with Gasteiger partial charge in [-0.05, 0) is 11.8 Å². The van der Waals surface area contributed by atoms with Crippen molar-refractivity contribution in [3.63, 3.8) is 0 Å². The molecule has 1 atom stereocenters. The zero-order valence-corrected chi connectivity index (χ0v) is 9.73. The Kier molecular flexibility index (Phi) is 2.61. The monoisotopic (exact) mass is 222 g/mol. The van der Waals surface area contributed by atoms with E-state index in [2.05, 4.69) is 24.3 Å². The fourth-order valence-corrected chi connectivity index (χ4v) is 1.83. The number of amides is 1. The van der Waals surface area contributed by atoms with E-state index in [4.69, 9.17) is 5.73 Å². The number of rotatable bonds is 4. The maximum absolute atomic E-state index is 11.7. The Bertz CT molecular complexity index is 396. The van der Waals surface area contributed by atoms with Crippen LogP contribution in [0.3, 0.4) is 0 Å². The summed E-state index contributed by atoms with van der Waals surface area (Å²) in [4.78, 5) is 11.7. The first-order valence-electron chi connectivity index (χ1n) is 5.55. The molecule has 1 unspecified atom stereocenters. The number of aromatic nitrogens is 2. The molecule has 1 aromatic rings. The number of nitrogens with two attached hydrogens (primary N) is 1. The Morgan fingerprint density at radius 3 is 2.94 bits per heavy atom. The second-order valence-corrected chi connectivity index (χ2v) is 5.07. The van der Waals surface area contributed by atoms with Gasteiger partial charge in [-0.1, -0.05) is 13.8 Å². The number of carbonyl (C=O) groups is 1. The summed E-state index contributed by atoms with van der Waals surface area (Å²) in [6, 6.07) is 0. The molecule has 1 aliphatic carbocycles. The van der Waals surface area contributed by atoms with Gasteiger partial charge in [-0.25, -0.2) is 0 Å². The molecule has 0 aromatic carbocycles. The lowest BCUT2D eigenvalue weighted by atomic mass is 10.1. The SMILES string of the molecule is CC1(C)CC1C(=O)NCCn1cc(N)cn1. The standard InChI is InChI=1S/C11H18N4O/c1-11(2)5-9(11)10(16)13-3-4-15-7-8(12)6-14-15/h6-7,9H,3-5,12H2,1-2H3,(H,13,16). The van der Waals surface area contributed by atoms with Gasteiger partial charge in [0, 0.05) is 18.7 Å². The van der Waals surface area contributed by atoms with Gasteiger partial charge in [0.15, 0.2) is 0 Å². The highest BCUT2D eigenvalue weighted by Gasteiger charge is 2.50. The quantitative estimate of drug-likeness (QED) is 0.784. The van der Waals surface area contributed by atoms with Gasteiger partial charge in [-0.2, -0.15) is 5.10 Å². The van der Waals surface area contributed by atoms with Crippen LogP contribution in [0.25, 0.3) is 0 Å². The van der Waals surface area contributed by atoms with E-state index >= 15 is 0 Å². The first-order chi connectivity index (χ1) is 7.49. The summed E-state index contributed by atoms with van der Waals surface area (Å²) in [6.45, 7) is 5.50. The van der Waals surface area contributed by atoms with Crippen LogP contribution >= 0.6 is 0 Å². The molecule has 1 aromatic heterocycles. The van der Waals surface area contributed by atoms with Crippen molar-refractivity contribution in [2.75, 3.05) is 12.3 Å². The Hall–Kier alpha value is -1.52. The number of anilines is 1. The van der Waals surface area contributed by atoms with Gasteiger partial charge in [-0.3, -0.25) is 9.48 Å². The van der Waals surface area contributed by atoms with Crippen molar-refractivity contribution in [2.45, 2.75) is 26.8 Å². The molecular weight excluding hydrogens is 204 g/mol. The summed E-state index contributed by atoms with van der Waals surface area (Å²) >= 11 is 0. The van der Waals surface area contributed by atoms with Crippen molar-refractivity contribution in [1.82, 2.24) is 15.1 Å². The predicted molar refractivity (Wildman–Crippen MR) is 61.5 cm³/mol. The molecule has 88 valence electrons. The summed E-state index contributed by atoms with van der Waals surface area (Å²) in [5.41, 5.74) is 6.38. The smallest absolute Gasteiger partial charge is 0.223 e. The van der Waals surface area contributed by atoms with E-state index < -0.39 is 0 Å². The van der Waals surface area contributed by atoms with Crippen molar-refractivity contribution < 1.29 is 4.79 Å². The van der Waals surface area contributed by atoms with Gasteiger partial charge in [0.25, 0.3) is 0 Å². The van der Waals surface area contributed by atoms with Crippen LogP contribution in [0.5, 0.6) is 0 Å². The third-order valence-corrected chi connectivity index (χ3v) is 3.12. The minimum atomic E-state index is 0.158. The third-order valence-electron chi connectivity index (χ3n) is 3.12. The highest BCUT2D eigenvalue weighted by molar-refractivity contribution is 5.82. The second-order valence-electron chi connectivity index (χ2n) is 5.07. The van der Waals surface area contributed by atoms with Crippen molar-refractivity contribution in [1.29, 1.82) is 0 Å². The topological polar surface area (TPSA) is 72.9 Å². The van der Waals surface area contributed by atoms with E-state index in [1.807, 2.05) is 0 Å². The Morgan fingerprint density at radius 2 is 2.44 bits per heavy atom. The lowest BCUT2D eigenvalue weighted by Crippen LogP contribution is -2.29. The number of hydrogen-bond acceptors (Lipinski definition) is 3. The predicted octanol–water partition coefficient (Wildman–Crippen LogP) is 0.628. The molecule has 1 aliphatic rings. The summed E-state index contributed by atoms with van der Waals surface area (Å²) in [6.07, 6.45) is 4.35. The number of nitrogen functional groups attached to an aromatic ring is 1. The molecule has 1 fully saturated rings. The molecule has 3 N–H and O–H groups in total. The van der Waals surface area contributed by atoms with Crippen LogP contribution in [-0.2, 0) is 11.3 Å². The highest BCUT2D eigenvalue weighted by Crippen LogP contribution is 2.51. The molecular formula is C11H18N4O.